The Morgan fingerprint density at radius 2 is 2.00 bits per heavy atom. The summed E-state index contributed by atoms with van der Waals surface area (Å²) in [7, 11) is 0. The van der Waals surface area contributed by atoms with Gasteiger partial charge in [-0.05, 0) is 75.1 Å². The standard InChI is InChI=1S/C27H30N2O2/c1-4-6-22-14-24(15-23(17-28)27(22)30-5-2)29-12-11-21-16-25(9-10-26(21)29)31-18-20-8-7-19(3)13-20/h7,9-12,14-16,20H,4-6,8,13,18H2,1-3H3. The second-order valence-electron chi connectivity index (χ2n) is 8.35. The van der Waals surface area contributed by atoms with Crippen LogP contribution in [0.15, 0.2) is 54.2 Å². The molecule has 0 N–H and O–H groups in total. The summed E-state index contributed by atoms with van der Waals surface area (Å²) < 4.78 is 14.0. The fourth-order valence-electron chi connectivity index (χ4n) is 4.43. The number of aromatic nitrogens is 1. The summed E-state index contributed by atoms with van der Waals surface area (Å²) in [6, 6.07) is 14.7. The van der Waals surface area contributed by atoms with Crippen LogP contribution in [0.3, 0.4) is 0 Å². The number of fused-ring (bicyclic) bond motifs is 1. The number of hydrogen-bond donors (Lipinski definition) is 0. The highest BCUT2D eigenvalue weighted by atomic mass is 16.5. The van der Waals surface area contributed by atoms with Crippen LogP contribution in [-0.2, 0) is 6.42 Å². The summed E-state index contributed by atoms with van der Waals surface area (Å²) in [6.07, 6.45) is 8.50. The largest absolute Gasteiger partial charge is 0.493 e. The van der Waals surface area contributed by atoms with Gasteiger partial charge in [0.05, 0.1) is 24.3 Å². The molecule has 0 amide bonds. The SMILES string of the molecule is CCCc1cc(-n2ccc3cc(OCC4CC=C(C)C4)ccc32)cc(C#N)c1OCC. The van der Waals surface area contributed by atoms with Crippen LogP contribution in [0.5, 0.6) is 11.5 Å². The van der Waals surface area contributed by atoms with E-state index in [9.17, 15) is 5.26 Å². The first kappa shape index (κ1) is 21.1. The average molecular weight is 415 g/mol. The zero-order valence-electron chi connectivity index (χ0n) is 18.6. The Balaban J connectivity index is 1.62. The third kappa shape index (κ3) is 4.46. The van der Waals surface area contributed by atoms with E-state index in [0.29, 0.717) is 18.1 Å². The third-order valence-corrected chi connectivity index (χ3v) is 5.91. The molecule has 0 fully saturated rings. The Hall–Kier alpha value is -3.19. The lowest BCUT2D eigenvalue weighted by Gasteiger charge is -2.15. The molecular weight excluding hydrogens is 384 g/mol. The fourth-order valence-corrected chi connectivity index (χ4v) is 4.43. The lowest BCUT2D eigenvalue weighted by atomic mass is 10.0. The maximum atomic E-state index is 9.72. The quantitative estimate of drug-likeness (QED) is 0.391. The Bertz CT molecular complexity index is 1150. The monoisotopic (exact) mass is 414 g/mol. The van der Waals surface area contributed by atoms with E-state index in [1.54, 1.807) is 0 Å². The molecule has 1 unspecified atom stereocenters. The normalized spacial score (nSPS) is 15.7. The first-order valence-corrected chi connectivity index (χ1v) is 11.2. The average Bonchev–Trinajstić information content (AvgIpc) is 3.39. The van der Waals surface area contributed by atoms with Gasteiger partial charge < -0.3 is 14.0 Å². The van der Waals surface area contributed by atoms with Crippen LogP contribution >= 0.6 is 0 Å². The molecule has 0 saturated heterocycles. The van der Waals surface area contributed by atoms with Crippen molar-refractivity contribution in [1.82, 2.24) is 4.57 Å². The molecule has 1 aromatic heterocycles. The van der Waals surface area contributed by atoms with E-state index in [0.717, 1.165) is 65.9 Å². The van der Waals surface area contributed by atoms with E-state index in [4.69, 9.17) is 9.47 Å². The Morgan fingerprint density at radius 3 is 2.71 bits per heavy atom. The number of nitrogens with zero attached hydrogens (tertiary/aromatic N) is 2. The second kappa shape index (κ2) is 9.31. The van der Waals surface area contributed by atoms with Gasteiger partial charge in [0.25, 0.3) is 0 Å². The van der Waals surface area contributed by atoms with Crippen molar-refractivity contribution in [2.75, 3.05) is 13.2 Å². The van der Waals surface area contributed by atoms with E-state index >= 15 is 0 Å². The summed E-state index contributed by atoms with van der Waals surface area (Å²) in [6.45, 7) is 7.60. The molecule has 2 aromatic carbocycles. The first-order chi connectivity index (χ1) is 15.1. The number of nitriles is 1. The van der Waals surface area contributed by atoms with Crippen molar-refractivity contribution in [2.45, 2.75) is 46.5 Å². The molecule has 4 nitrogen and oxygen atoms in total. The molecule has 31 heavy (non-hydrogen) atoms. The molecule has 4 heteroatoms. The molecule has 0 saturated carbocycles. The molecule has 4 rings (SSSR count). The highest BCUT2D eigenvalue weighted by Crippen LogP contribution is 2.32. The molecule has 0 spiro atoms. The van der Waals surface area contributed by atoms with Crippen molar-refractivity contribution in [2.24, 2.45) is 5.92 Å². The maximum Gasteiger partial charge on any atom is 0.140 e. The van der Waals surface area contributed by atoms with Crippen LogP contribution in [-0.4, -0.2) is 17.8 Å². The minimum Gasteiger partial charge on any atom is -0.493 e. The van der Waals surface area contributed by atoms with Crippen LogP contribution in [0.2, 0.25) is 0 Å². The third-order valence-electron chi connectivity index (χ3n) is 5.91. The van der Waals surface area contributed by atoms with Crippen molar-refractivity contribution >= 4 is 10.9 Å². The number of rotatable bonds is 8. The summed E-state index contributed by atoms with van der Waals surface area (Å²) in [5.41, 5.74) is 5.22. The van der Waals surface area contributed by atoms with Gasteiger partial charge in [-0.2, -0.15) is 5.26 Å². The highest BCUT2D eigenvalue weighted by molar-refractivity contribution is 5.83. The summed E-state index contributed by atoms with van der Waals surface area (Å²) in [5, 5.41) is 10.8. The Labute approximate surface area is 184 Å². The van der Waals surface area contributed by atoms with Crippen LogP contribution in [0.25, 0.3) is 16.6 Å². The topological polar surface area (TPSA) is 47.2 Å². The molecule has 1 aliphatic carbocycles. The van der Waals surface area contributed by atoms with E-state index < -0.39 is 0 Å². The number of allylic oxidation sites excluding steroid dienone is 2. The molecule has 0 radical (unpaired) electrons. The van der Waals surface area contributed by atoms with Gasteiger partial charge in [-0.1, -0.05) is 25.0 Å². The van der Waals surface area contributed by atoms with Crippen LogP contribution in [0.4, 0.5) is 0 Å². The number of hydrogen-bond acceptors (Lipinski definition) is 3. The molecule has 0 bridgehead atoms. The van der Waals surface area contributed by atoms with Crippen molar-refractivity contribution in [3.63, 3.8) is 0 Å². The summed E-state index contributed by atoms with van der Waals surface area (Å²) in [5.74, 6) is 2.22. The second-order valence-corrected chi connectivity index (χ2v) is 8.35. The minimum atomic E-state index is 0.552. The maximum absolute atomic E-state index is 9.72. The van der Waals surface area contributed by atoms with Crippen molar-refractivity contribution < 1.29 is 9.47 Å². The molecule has 3 aromatic rings. The molecule has 1 atom stereocenters. The summed E-state index contributed by atoms with van der Waals surface area (Å²) >= 11 is 0. The lowest BCUT2D eigenvalue weighted by Crippen LogP contribution is -2.08. The Kier molecular flexibility index (Phi) is 6.32. The van der Waals surface area contributed by atoms with E-state index in [-0.39, 0.29) is 0 Å². The highest BCUT2D eigenvalue weighted by Gasteiger charge is 2.16. The van der Waals surface area contributed by atoms with Gasteiger partial charge in [0.15, 0.2) is 0 Å². The van der Waals surface area contributed by atoms with Crippen molar-refractivity contribution in [1.29, 1.82) is 5.26 Å². The van der Waals surface area contributed by atoms with Crippen LogP contribution < -0.4 is 9.47 Å². The van der Waals surface area contributed by atoms with Crippen molar-refractivity contribution in [3.8, 4) is 23.3 Å². The number of ether oxygens (including phenoxy) is 2. The predicted octanol–water partition coefficient (Wildman–Crippen LogP) is 6.59. The van der Waals surface area contributed by atoms with E-state index in [1.807, 2.05) is 19.1 Å². The minimum absolute atomic E-state index is 0.552. The van der Waals surface area contributed by atoms with Gasteiger partial charge in [-0.15, -0.1) is 0 Å². The van der Waals surface area contributed by atoms with Crippen molar-refractivity contribution in [3.05, 3.63) is 65.4 Å². The molecular formula is C27H30N2O2. The molecule has 160 valence electrons. The zero-order valence-corrected chi connectivity index (χ0v) is 18.6. The van der Waals surface area contributed by atoms with Crippen LogP contribution in [0.1, 0.15) is 51.2 Å². The smallest absolute Gasteiger partial charge is 0.140 e. The van der Waals surface area contributed by atoms with E-state index in [2.05, 4.69) is 61.0 Å². The Morgan fingerprint density at radius 1 is 1.13 bits per heavy atom. The van der Waals surface area contributed by atoms with Gasteiger partial charge in [0, 0.05) is 23.2 Å². The molecule has 0 aliphatic heterocycles. The fraction of sp³-hybridized carbons (Fsp3) is 0.370. The van der Waals surface area contributed by atoms with Gasteiger partial charge >= 0.3 is 0 Å². The zero-order chi connectivity index (χ0) is 21.8. The van der Waals surface area contributed by atoms with Gasteiger partial charge in [0.2, 0.25) is 0 Å². The van der Waals surface area contributed by atoms with Gasteiger partial charge in [-0.3, -0.25) is 0 Å². The van der Waals surface area contributed by atoms with E-state index in [1.165, 1.54) is 5.57 Å². The number of aryl methyl sites for hydroxylation is 1. The van der Waals surface area contributed by atoms with Gasteiger partial charge in [-0.25, -0.2) is 0 Å². The lowest BCUT2D eigenvalue weighted by molar-refractivity contribution is 0.255. The first-order valence-electron chi connectivity index (χ1n) is 11.2. The van der Waals surface area contributed by atoms with Crippen LogP contribution in [0, 0.1) is 17.2 Å². The predicted molar refractivity (Wildman–Crippen MR) is 125 cm³/mol. The number of benzene rings is 2. The summed E-state index contributed by atoms with van der Waals surface area (Å²) in [4.78, 5) is 0. The molecule has 1 aliphatic rings. The van der Waals surface area contributed by atoms with Gasteiger partial charge in [0.1, 0.15) is 17.6 Å². The molecule has 1 heterocycles.